The zero-order valence-electron chi connectivity index (χ0n) is 19.7. The van der Waals surface area contributed by atoms with Crippen molar-refractivity contribution in [2.75, 3.05) is 14.2 Å². The lowest BCUT2D eigenvalue weighted by Crippen LogP contribution is -2.71. The Hall–Kier alpha value is -3.35. The Labute approximate surface area is 195 Å². The van der Waals surface area contributed by atoms with Gasteiger partial charge in [0.25, 0.3) is 0 Å². The van der Waals surface area contributed by atoms with Crippen LogP contribution in [0, 0.1) is 5.92 Å². The number of hydrogen-bond acceptors (Lipinski definition) is 5. The molecule has 0 unspecified atom stereocenters. The first kappa shape index (κ1) is 24.3. The fourth-order valence-electron chi connectivity index (χ4n) is 4.37. The molecular formula is C26H32N2O5. The van der Waals surface area contributed by atoms with E-state index in [4.69, 9.17) is 9.47 Å². The number of nitrogens with one attached hydrogen (secondary N) is 1. The van der Waals surface area contributed by atoms with E-state index in [1.54, 1.807) is 12.0 Å². The Balaban J connectivity index is 1.83. The van der Waals surface area contributed by atoms with E-state index in [1.165, 1.54) is 7.11 Å². The zero-order valence-corrected chi connectivity index (χ0v) is 19.7. The highest BCUT2D eigenvalue weighted by Gasteiger charge is 2.56. The van der Waals surface area contributed by atoms with Crippen LogP contribution >= 0.6 is 0 Å². The molecule has 0 aliphatic carbocycles. The molecule has 1 aliphatic rings. The van der Waals surface area contributed by atoms with Crippen LogP contribution in [0.3, 0.4) is 0 Å². The number of benzene rings is 2. The minimum absolute atomic E-state index is 0.0840. The minimum atomic E-state index is -1.01. The lowest BCUT2D eigenvalue weighted by atomic mass is 9.75. The Bertz CT molecular complexity index is 974. The van der Waals surface area contributed by atoms with E-state index in [2.05, 4.69) is 5.32 Å². The molecule has 0 radical (unpaired) electrons. The van der Waals surface area contributed by atoms with Gasteiger partial charge in [0.1, 0.15) is 17.3 Å². The van der Waals surface area contributed by atoms with Crippen LogP contribution in [-0.4, -0.2) is 48.5 Å². The quantitative estimate of drug-likeness (QED) is 0.442. The maximum absolute atomic E-state index is 13.6. The summed E-state index contributed by atoms with van der Waals surface area (Å²) in [6, 6.07) is 16.0. The number of ether oxygens (including phenoxy) is 2. The Morgan fingerprint density at radius 3 is 2.24 bits per heavy atom. The van der Waals surface area contributed by atoms with Crippen LogP contribution in [0.2, 0.25) is 0 Å². The van der Waals surface area contributed by atoms with E-state index in [9.17, 15) is 14.4 Å². The number of likely N-dealkylation sites (tertiary alicyclic amines) is 1. The third-order valence-corrected chi connectivity index (χ3v) is 6.00. The van der Waals surface area contributed by atoms with Gasteiger partial charge in [-0.2, -0.15) is 0 Å². The van der Waals surface area contributed by atoms with Crippen molar-refractivity contribution in [2.45, 2.75) is 51.2 Å². The molecule has 0 bridgehead atoms. The number of methoxy groups -OCH3 is 2. The summed E-state index contributed by atoms with van der Waals surface area (Å²) >= 11 is 0. The highest BCUT2D eigenvalue weighted by Crippen LogP contribution is 2.39. The Morgan fingerprint density at radius 1 is 1.03 bits per heavy atom. The monoisotopic (exact) mass is 452 g/mol. The molecule has 7 nitrogen and oxygen atoms in total. The second-order valence-electron chi connectivity index (χ2n) is 8.87. The van der Waals surface area contributed by atoms with E-state index in [0.29, 0.717) is 19.4 Å². The first-order valence-corrected chi connectivity index (χ1v) is 11.1. The van der Waals surface area contributed by atoms with E-state index in [-0.39, 0.29) is 24.2 Å². The number of carbonyl (C=O) groups is 3. The fourth-order valence-corrected chi connectivity index (χ4v) is 4.37. The molecule has 1 saturated heterocycles. The zero-order chi connectivity index (χ0) is 24.0. The molecule has 0 saturated carbocycles. The highest BCUT2D eigenvalue weighted by atomic mass is 16.5. The van der Waals surface area contributed by atoms with Gasteiger partial charge in [-0.25, -0.2) is 4.79 Å². The summed E-state index contributed by atoms with van der Waals surface area (Å²) in [7, 11) is 2.90. The van der Waals surface area contributed by atoms with Crippen molar-refractivity contribution in [3.05, 3.63) is 65.7 Å². The molecule has 2 aromatic rings. The highest BCUT2D eigenvalue weighted by molar-refractivity contribution is 6.02. The summed E-state index contributed by atoms with van der Waals surface area (Å²) in [6.45, 7) is 4.35. The summed E-state index contributed by atoms with van der Waals surface area (Å²) in [6.07, 6.45) is 0.926. The van der Waals surface area contributed by atoms with Crippen LogP contribution in [0.25, 0.3) is 0 Å². The van der Waals surface area contributed by atoms with Crippen molar-refractivity contribution in [3.8, 4) is 5.75 Å². The number of esters is 1. The van der Waals surface area contributed by atoms with E-state index in [0.717, 1.165) is 16.9 Å². The largest absolute Gasteiger partial charge is 0.497 e. The maximum atomic E-state index is 13.6. The Morgan fingerprint density at radius 2 is 1.70 bits per heavy atom. The van der Waals surface area contributed by atoms with Crippen LogP contribution in [0.1, 0.15) is 37.8 Å². The molecule has 7 heteroatoms. The molecule has 1 N–H and O–H groups in total. The smallest absolute Gasteiger partial charge is 0.328 e. The lowest BCUT2D eigenvalue weighted by Gasteiger charge is -2.52. The number of β-lactam (4-membered cyclic amide) rings is 1. The van der Waals surface area contributed by atoms with E-state index in [1.807, 2.05) is 68.4 Å². The number of carbonyl (C=O) groups excluding carboxylic acids is 3. The van der Waals surface area contributed by atoms with Crippen LogP contribution in [0.15, 0.2) is 54.6 Å². The van der Waals surface area contributed by atoms with Gasteiger partial charge < -0.3 is 19.7 Å². The molecule has 1 fully saturated rings. The first-order chi connectivity index (χ1) is 15.8. The van der Waals surface area contributed by atoms with Gasteiger partial charge in [-0.05, 0) is 35.6 Å². The minimum Gasteiger partial charge on any atom is -0.497 e. The third kappa shape index (κ3) is 5.53. The number of hydrogen-bond donors (Lipinski definition) is 1. The Kier molecular flexibility index (Phi) is 7.74. The summed E-state index contributed by atoms with van der Waals surface area (Å²) in [5, 5.41) is 2.89. The molecule has 2 atom stereocenters. The summed E-state index contributed by atoms with van der Waals surface area (Å²) in [5.74, 6) is -0.0242. The topological polar surface area (TPSA) is 84.9 Å². The van der Waals surface area contributed by atoms with Gasteiger partial charge in [0.05, 0.1) is 20.6 Å². The fraction of sp³-hybridized carbons (Fsp3) is 0.423. The molecule has 0 spiro atoms. The second kappa shape index (κ2) is 10.5. The molecule has 33 heavy (non-hydrogen) atoms. The molecule has 1 aliphatic heterocycles. The van der Waals surface area contributed by atoms with Gasteiger partial charge in [0, 0.05) is 13.0 Å². The summed E-state index contributed by atoms with van der Waals surface area (Å²) in [4.78, 5) is 40.4. The SMILES string of the molecule is COC(=O)[C@H](Cc1ccccc1)NC(=O)[C@@]1(CC(C)C)CC(=O)N1Cc1ccc(OC)cc1. The van der Waals surface area contributed by atoms with Gasteiger partial charge in [-0.15, -0.1) is 0 Å². The predicted octanol–water partition coefficient (Wildman–Crippen LogP) is 3.11. The van der Waals surface area contributed by atoms with Crippen molar-refractivity contribution < 1.29 is 23.9 Å². The van der Waals surface area contributed by atoms with Gasteiger partial charge in [0.15, 0.2) is 0 Å². The number of rotatable bonds is 10. The molecule has 0 aromatic heterocycles. The van der Waals surface area contributed by atoms with E-state index >= 15 is 0 Å². The molecular weight excluding hydrogens is 420 g/mol. The first-order valence-electron chi connectivity index (χ1n) is 11.1. The van der Waals surface area contributed by atoms with Gasteiger partial charge >= 0.3 is 5.97 Å². The van der Waals surface area contributed by atoms with Crippen LogP contribution in [-0.2, 0) is 32.1 Å². The van der Waals surface area contributed by atoms with Gasteiger partial charge in [0.2, 0.25) is 11.8 Å². The van der Waals surface area contributed by atoms with Gasteiger partial charge in [-0.3, -0.25) is 9.59 Å². The van der Waals surface area contributed by atoms with Crippen LogP contribution in [0.4, 0.5) is 0 Å². The van der Waals surface area contributed by atoms with Crippen LogP contribution in [0.5, 0.6) is 5.75 Å². The van der Waals surface area contributed by atoms with Crippen molar-refractivity contribution in [2.24, 2.45) is 5.92 Å². The molecule has 3 rings (SSSR count). The maximum Gasteiger partial charge on any atom is 0.328 e. The van der Waals surface area contributed by atoms with Crippen molar-refractivity contribution in [1.82, 2.24) is 10.2 Å². The average molecular weight is 453 g/mol. The van der Waals surface area contributed by atoms with Crippen molar-refractivity contribution in [1.29, 1.82) is 0 Å². The lowest BCUT2D eigenvalue weighted by molar-refractivity contribution is -0.170. The molecule has 176 valence electrons. The summed E-state index contributed by atoms with van der Waals surface area (Å²) < 4.78 is 10.2. The molecule has 1 heterocycles. The van der Waals surface area contributed by atoms with Gasteiger partial charge in [-0.1, -0.05) is 56.3 Å². The molecule has 2 amide bonds. The third-order valence-electron chi connectivity index (χ3n) is 6.00. The second-order valence-corrected chi connectivity index (χ2v) is 8.87. The molecule has 2 aromatic carbocycles. The van der Waals surface area contributed by atoms with Crippen LogP contribution < -0.4 is 10.1 Å². The average Bonchev–Trinajstić information content (AvgIpc) is 2.81. The van der Waals surface area contributed by atoms with E-state index < -0.39 is 17.6 Å². The standard InChI is InChI=1S/C26H32N2O5/c1-18(2)15-26(16-23(29)28(26)17-20-10-12-21(32-3)13-11-20)25(31)27-22(24(30)33-4)14-19-8-6-5-7-9-19/h5-13,18,22H,14-17H2,1-4H3,(H,27,31)/t22-,26+/m0/s1. The van der Waals surface area contributed by atoms with Crippen molar-refractivity contribution in [3.63, 3.8) is 0 Å². The predicted molar refractivity (Wildman–Crippen MR) is 124 cm³/mol. The number of amides is 2. The normalized spacial score (nSPS) is 18.5. The number of nitrogens with zero attached hydrogens (tertiary/aromatic N) is 1. The van der Waals surface area contributed by atoms with Crippen molar-refractivity contribution >= 4 is 17.8 Å². The summed E-state index contributed by atoms with van der Waals surface area (Å²) in [5.41, 5.74) is 0.804.